The number of aromatic nitrogens is 1. The molecular weight excluding hydrogens is 270 g/mol. The summed E-state index contributed by atoms with van der Waals surface area (Å²) in [5.41, 5.74) is 3.69. The Morgan fingerprint density at radius 2 is 1.76 bits per heavy atom. The first kappa shape index (κ1) is 14.5. The van der Waals surface area contributed by atoms with Crippen molar-refractivity contribution in [2.45, 2.75) is 0 Å². The van der Waals surface area contributed by atoms with E-state index >= 15 is 0 Å². The number of carbonyl (C=O) groups excluding carboxylic acids is 1. The van der Waals surface area contributed by atoms with Crippen LogP contribution in [0.3, 0.4) is 0 Å². The summed E-state index contributed by atoms with van der Waals surface area (Å²) < 4.78 is 10.3. The van der Waals surface area contributed by atoms with Gasteiger partial charge in [0.25, 0.3) is 5.91 Å². The summed E-state index contributed by atoms with van der Waals surface area (Å²) >= 11 is 0. The number of ether oxygens (including phenoxy) is 2. The minimum absolute atomic E-state index is 0.302. The molecule has 0 aliphatic rings. The summed E-state index contributed by atoms with van der Waals surface area (Å²) in [6, 6.07) is 8.54. The first-order chi connectivity index (χ1) is 10.2. The number of nitrogens with zero attached hydrogens (tertiary/aromatic N) is 2. The predicted octanol–water partition coefficient (Wildman–Crippen LogP) is 1.86. The highest BCUT2D eigenvalue weighted by Gasteiger charge is 2.03. The van der Waals surface area contributed by atoms with E-state index in [0.29, 0.717) is 17.1 Å². The van der Waals surface area contributed by atoms with Crippen molar-refractivity contribution in [3.8, 4) is 11.5 Å². The lowest BCUT2D eigenvalue weighted by molar-refractivity contribution is 0.0955. The van der Waals surface area contributed by atoms with Crippen LogP contribution in [0.4, 0.5) is 0 Å². The van der Waals surface area contributed by atoms with Crippen molar-refractivity contribution in [3.63, 3.8) is 0 Å². The van der Waals surface area contributed by atoms with Crippen molar-refractivity contribution in [3.05, 3.63) is 53.9 Å². The number of amides is 1. The van der Waals surface area contributed by atoms with Crippen molar-refractivity contribution in [2.24, 2.45) is 5.10 Å². The number of pyridine rings is 1. The molecule has 6 nitrogen and oxygen atoms in total. The van der Waals surface area contributed by atoms with Gasteiger partial charge in [-0.3, -0.25) is 9.78 Å². The second-order valence-electron chi connectivity index (χ2n) is 4.08. The third kappa shape index (κ3) is 4.04. The van der Waals surface area contributed by atoms with E-state index in [-0.39, 0.29) is 5.91 Å². The predicted molar refractivity (Wildman–Crippen MR) is 78.8 cm³/mol. The number of benzene rings is 1. The van der Waals surface area contributed by atoms with Gasteiger partial charge in [-0.1, -0.05) is 0 Å². The maximum absolute atomic E-state index is 11.8. The van der Waals surface area contributed by atoms with E-state index < -0.39 is 0 Å². The smallest absolute Gasteiger partial charge is 0.271 e. The first-order valence-electron chi connectivity index (χ1n) is 6.19. The highest BCUT2D eigenvalue weighted by molar-refractivity contribution is 5.94. The largest absolute Gasteiger partial charge is 0.497 e. The van der Waals surface area contributed by atoms with Gasteiger partial charge in [0.1, 0.15) is 11.5 Å². The van der Waals surface area contributed by atoms with Gasteiger partial charge in [-0.05, 0) is 24.3 Å². The summed E-state index contributed by atoms with van der Waals surface area (Å²) in [6.45, 7) is 0. The molecule has 1 N–H and O–H groups in total. The average Bonchev–Trinajstić information content (AvgIpc) is 2.55. The molecule has 0 saturated carbocycles. The Kier molecular flexibility index (Phi) is 4.87. The Bertz CT molecular complexity index is 620. The van der Waals surface area contributed by atoms with E-state index in [0.717, 1.165) is 5.56 Å². The Balaban J connectivity index is 2.06. The minimum Gasteiger partial charge on any atom is -0.497 e. The fourth-order valence-electron chi connectivity index (χ4n) is 1.64. The first-order valence-corrected chi connectivity index (χ1v) is 6.19. The van der Waals surface area contributed by atoms with Gasteiger partial charge in [0.2, 0.25) is 0 Å². The molecule has 0 aliphatic carbocycles. The van der Waals surface area contributed by atoms with Gasteiger partial charge < -0.3 is 9.47 Å². The number of hydrazone groups is 1. The normalized spacial score (nSPS) is 10.4. The van der Waals surface area contributed by atoms with Gasteiger partial charge in [0.05, 0.1) is 20.4 Å². The summed E-state index contributed by atoms with van der Waals surface area (Å²) in [7, 11) is 3.14. The van der Waals surface area contributed by atoms with Crippen LogP contribution in [0.15, 0.2) is 47.8 Å². The van der Waals surface area contributed by atoms with E-state index in [2.05, 4.69) is 15.5 Å². The Labute approximate surface area is 122 Å². The third-order valence-corrected chi connectivity index (χ3v) is 2.70. The molecule has 0 saturated heterocycles. The molecule has 2 aromatic rings. The monoisotopic (exact) mass is 285 g/mol. The van der Waals surface area contributed by atoms with Gasteiger partial charge in [0.15, 0.2) is 0 Å². The molecule has 1 heterocycles. The van der Waals surface area contributed by atoms with Crippen LogP contribution in [0.5, 0.6) is 11.5 Å². The number of rotatable bonds is 5. The lowest BCUT2D eigenvalue weighted by Crippen LogP contribution is -2.17. The zero-order chi connectivity index (χ0) is 15.1. The molecule has 108 valence electrons. The standard InChI is InChI=1S/C15H15N3O3/c1-20-13-7-11(8-14(9-13)21-2)10-17-18-15(19)12-3-5-16-6-4-12/h3-10H,1-2H3,(H,18,19)/b17-10-. The second kappa shape index (κ2) is 7.04. The van der Waals surface area contributed by atoms with Crippen molar-refractivity contribution in [2.75, 3.05) is 14.2 Å². The zero-order valence-electron chi connectivity index (χ0n) is 11.7. The molecule has 6 heteroatoms. The Morgan fingerprint density at radius 1 is 1.14 bits per heavy atom. The number of hydrogen-bond acceptors (Lipinski definition) is 5. The summed E-state index contributed by atoms with van der Waals surface area (Å²) in [4.78, 5) is 15.6. The molecule has 0 fully saturated rings. The van der Waals surface area contributed by atoms with Crippen LogP contribution < -0.4 is 14.9 Å². The molecule has 1 amide bonds. The fourth-order valence-corrected chi connectivity index (χ4v) is 1.64. The topological polar surface area (TPSA) is 72.8 Å². The molecule has 1 aromatic heterocycles. The maximum atomic E-state index is 11.8. The molecule has 0 radical (unpaired) electrons. The van der Waals surface area contributed by atoms with Crippen molar-refractivity contribution < 1.29 is 14.3 Å². The Hall–Kier alpha value is -2.89. The quantitative estimate of drug-likeness (QED) is 0.672. The van der Waals surface area contributed by atoms with Gasteiger partial charge in [0, 0.05) is 29.6 Å². The van der Waals surface area contributed by atoms with Crippen LogP contribution in [-0.4, -0.2) is 31.3 Å². The van der Waals surface area contributed by atoms with Gasteiger partial charge in [-0.2, -0.15) is 5.10 Å². The van der Waals surface area contributed by atoms with Crippen LogP contribution in [0, 0.1) is 0 Å². The number of nitrogens with one attached hydrogen (secondary N) is 1. The summed E-state index contributed by atoms with van der Waals surface area (Å²) in [5, 5.41) is 3.91. The second-order valence-corrected chi connectivity index (χ2v) is 4.08. The van der Waals surface area contributed by atoms with Gasteiger partial charge in [-0.25, -0.2) is 5.43 Å². The minimum atomic E-state index is -0.302. The van der Waals surface area contributed by atoms with Crippen LogP contribution in [0.25, 0.3) is 0 Å². The van der Waals surface area contributed by atoms with E-state index in [1.165, 1.54) is 6.21 Å². The van der Waals surface area contributed by atoms with Crippen LogP contribution in [-0.2, 0) is 0 Å². The molecule has 0 atom stereocenters. The van der Waals surface area contributed by atoms with Gasteiger partial charge >= 0.3 is 0 Å². The third-order valence-electron chi connectivity index (χ3n) is 2.70. The van der Waals surface area contributed by atoms with Gasteiger partial charge in [-0.15, -0.1) is 0 Å². The number of hydrogen-bond donors (Lipinski definition) is 1. The zero-order valence-corrected chi connectivity index (χ0v) is 11.7. The fraction of sp³-hybridized carbons (Fsp3) is 0.133. The molecule has 1 aromatic carbocycles. The van der Waals surface area contributed by atoms with Crippen LogP contribution in [0.1, 0.15) is 15.9 Å². The van der Waals surface area contributed by atoms with Crippen LogP contribution >= 0.6 is 0 Å². The van der Waals surface area contributed by atoms with E-state index in [1.807, 2.05) is 0 Å². The van der Waals surface area contributed by atoms with E-state index in [4.69, 9.17) is 9.47 Å². The number of methoxy groups -OCH3 is 2. The molecular formula is C15H15N3O3. The van der Waals surface area contributed by atoms with E-state index in [1.54, 1.807) is 56.9 Å². The molecule has 2 rings (SSSR count). The highest BCUT2D eigenvalue weighted by Crippen LogP contribution is 2.21. The molecule has 21 heavy (non-hydrogen) atoms. The summed E-state index contributed by atoms with van der Waals surface area (Å²) in [5.74, 6) is 0.996. The average molecular weight is 285 g/mol. The lowest BCUT2D eigenvalue weighted by atomic mass is 10.2. The van der Waals surface area contributed by atoms with Crippen molar-refractivity contribution >= 4 is 12.1 Å². The number of carbonyl (C=O) groups is 1. The molecule has 0 bridgehead atoms. The van der Waals surface area contributed by atoms with Crippen LogP contribution in [0.2, 0.25) is 0 Å². The molecule has 0 spiro atoms. The Morgan fingerprint density at radius 3 is 2.33 bits per heavy atom. The summed E-state index contributed by atoms with van der Waals surface area (Å²) in [6.07, 6.45) is 4.61. The molecule has 0 aliphatic heterocycles. The maximum Gasteiger partial charge on any atom is 0.271 e. The van der Waals surface area contributed by atoms with Crippen molar-refractivity contribution in [1.29, 1.82) is 0 Å². The molecule has 0 unspecified atom stereocenters. The van der Waals surface area contributed by atoms with E-state index in [9.17, 15) is 4.79 Å². The SMILES string of the molecule is COc1cc(/C=N\NC(=O)c2ccncc2)cc(OC)c1. The highest BCUT2D eigenvalue weighted by atomic mass is 16.5. The lowest BCUT2D eigenvalue weighted by Gasteiger charge is -2.05. The van der Waals surface area contributed by atoms with Crippen molar-refractivity contribution in [1.82, 2.24) is 10.4 Å².